The number of hydrogen-bond donors (Lipinski definition) is 1. The molecule has 2 aromatic heterocycles. The molecule has 0 bridgehead atoms. The largest absolute Gasteiger partial charge is 0.472 e. The average molecular weight is 316 g/mol. The smallest absolute Gasteiger partial charge is 0.394 e. The number of furan rings is 1. The molecule has 10 heteroatoms. The molecule has 118 valence electrons. The van der Waals surface area contributed by atoms with Gasteiger partial charge in [-0.1, -0.05) is 0 Å². The minimum absolute atomic E-state index is 0.0193. The first-order chi connectivity index (χ1) is 10.4. The summed E-state index contributed by atoms with van der Waals surface area (Å²) < 4.78 is 48.8. The van der Waals surface area contributed by atoms with Crippen molar-refractivity contribution in [1.29, 1.82) is 0 Å². The number of anilines is 1. The number of rotatable bonds is 3. The molecule has 3 heterocycles. The molecule has 0 aliphatic carbocycles. The molecule has 22 heavy (non-hydrogen) atoms. The van der Waals surface area contributed by atoms with E-state index in [0.717, 1.165) is 0 Å². The van der Waals surface area contributed by atoms with Crippen LogP contribution in [0.1, 0.15) is 0 Å². The molecule has 0 spiro atoms. The van der Waals surface area contributed by atoms with E-state index in [1.54, 1.807) is 6.07 Å². The van der Waals surface area contributed by atoms with E-state index in [2.05, 4.69) is 10.1 Å². The van der Waals surface area contributed by atoms with Crippen molar-refractivity contribution < 1.29 is 26.9 Å². The molecule has 3 rings (SSSR count). The van der Waals surface area contributed by atoms with Crippen molar-refractivity contribution >= 4 is 11.9 Å². The van der Waals surface area contributed by atoms with Gasteiger partial charge in [-0.3, -0.25) is 4.79 Å². The Balaban J connectivity index is 1.83. The van der Waals surface area contributed by atoms with Gasteiger partial charge in [-0.15, -0.1) is 0 Å². The molecule has 0 unspecified atom stereocenters. The topological polar surface area (TPSA) is 98.4 Å². The monoisotopic (exact) mass is 316 g/mol. The van der Waals surface area contributed by atoms with Crippen LogP contribution in [-0.4, -0.2) is 35.3 Å². The van der Waals surface area contributed by atoms with Crippen LogP contribution in [-0.2, 0) is 4.79 Å². The Hall–Kier alpha value is -2.52. The van der Waals surface area contributed by atoms with Crippen molar-refractivity contribution in [2.75, 3.05) is 18.0 Å². The SMILES string of the molecule is NC(=O)[C@@H]1CN(c2noc(-c3ccoc3)n2)C[C@H]1C(F)(F)F. The molecular formula is C12H11F3N4O3. The number of aromatic nitrogens is 2. The third-order valence-corrected chi connectivity index (χ3v) is 3.57. The minimum Gasteiger partial charge on any atom is -0.472 e. The Labute approximate surface area is 121 Å². The molecule has 1 aliphatic heterocycles. The third kappa shape index (κ3) is 2.51. The van der Waals surface area contributed by atoms with E-state index < -0.39 is 30.5 Å². The molecule has 0 saturated carbocycles. The highest BCUT2D eigenvalue weighted by molar-refractivity contribution is 5.78. The van der Waals surface area contributed by atoms with Crippen LogP contribution in [0.25, 0.3) is 11.5 Å². The summed E-state index contributed by atoms with van der Waals surface area (Å²) in [7, 11) is 0. The molecule has 7 nitrogen and oxygen atoms in total. The highest BCUT2D eigenvalue weighted by Gasteiger charge is 2.52. The summed E-state index contributed by atoms with van der Waals surface area (Å²) in [5.74, 6) is -4.08. The van der Waals surface area contributed by atoms with Gasteiger partial charge < -0.3 is 19.6 Å². The Bertz CT molecular complexity index is 667. The van der Waals surface area contributed by atoms with Gasteiger partial charge in [0, 0.05) is 13.1 Å². The first kappa shape index (κ1) is 14.4. The molecule has 1 amide bonds. The minimum atomic E-state index is -4.52. The summed E-state index contributed by atoms with van der Waals surface area (Å²) in [4.78, 5) is 16.5. The highest BCUT2D eigenvalue weighted by atomic mass is 19.4. The second kappa shape index (κ2) is 5.04. The number of halogens is 3. The van der Waals surface area contributed by atoms with Crippen molar-refractivity contribution in [3.8, 4) is 11.5 Å². The quantitative estimate of drug-likeness (QED) is 0.920. The molecule has 2 atom stereocenters. The van der Waals surface area contributed by atoms with Crippen LogP contribution in [0.3, 0.4) is 0 Å². The molecule has 1 aliphatic rings. The van der Waals surface area contributed by atoms with Crippen molar-refractivity contribution in [3.05, 3.63) is 18.6 Å². The predicted molar refractivity (Wildman–Crippen MR) is 66.4 cm³/mol. The van der Waals surface area contributed by atoms with Gasteiger partial charge in [-0.25, -0.2) is 0 Å². The third-order valence-electron chi connectivity index (χ3n) is 3.57. The summed E-state index contributed by atoms with van der Waals surface area (Å²) in [5.41, 5.74) is 5.58. The Morgan fingerprint density at radius 2 is 2.18 bits per heavy atom. The van der Waals surface area contributed by atoms with Crippen molar-refractivity contribution in [2.45, 2.75) is 6.18 Å². The zero-order valence-electron chi connectivity index (χ0n) is 11.1. The number of amides is 1. The van der Waals surface area contributed by atoms with Gasteiger partial charge in [0.15, 0.2) is 0 Å². The Morgan fingerprint density at radius 1 is 1.41 bits per heavy atom. The van der Waals surface area contributed by atoms with Crippen LogP contribution in [0.5, 0.6) is 0 Å². The summed E-state index contributed by atoms with van der Waals surface area (Å²) in [6.07, 6.45) is -1.75. The lowest BCUT2D eigenvalue weighted by atomic mass is 9.95. The van der Waals surface area contributed by atoms with E-state index in [9.17, 15) is 18.0 Å². The lowest BCUT2D eigenvalue weighted by molar-refractivity contribution is -0.181. The molecule has 1 fully saturated rings. The maximum absolute atomic E-state index is 13.0. The van der Waals surface area contributed by atoms with Crippen LogP contribution in [0, 0.1) is 11.8 Å². The fraction of sp³-hybridized carbons (Fsp3) is 0.417. The van der Waals surface area contributed by atoms with Gasteiger partial charge in [0.05, 0.1) is 23.7 Å². The summed E-state index contributed by atoms with van der Waals surface area (Å²) in [6.45, 7) is -0.647. The van der Waals surface area contributed by atoms with Gasteiger partial charge in [0.2, 0.25) is 5.91 Å². The van der Waals surface area contributed by atoms with Crippen molar-refractivity contribution in [3.63, 3.8) is 0 Å². The summed E-state index contributed by atoms with van der Waals surface area (Å²) >= 11 is 0. The molecule has 1 saturated heterocycles. The first-order valence-electron chi connectivity index (χ1n) is 6.33. The van der Waals surface area contributed by atoms with E-state index in [0.29, 0.717) is 5.56 Å². The van der Waals surface area contributed by atoms with E-state index in [4.69, 9.17) is 14.7 Å². The van der Waals surface area contributed by atoms with Crippen LogP contribution in [0.4, 0.5) is 19.1 Å². The van der Waals surface area contributed by atoms with Crippen LogP contribution in [0.2, 0.25) is 0 Å². The fourth-order valence-electron chi connectivity index (χ4n) is 2.43. The lowest BCUT2D eigenvalue weighted by Crippen LogP contribution is -2.37. The van der Waals surface area contributed by atoms with Gasteiger partial charge in [0.1, 0.15) is 6.26 Å². The molecular weight excluding hydrogens is 305 g/mol. The number of primary amides is 1. The van der Waals surface area contributed by atoms with Gasteiger partial charge in [-0.05, 0) is 11.2 Å². The lowest BCUT2D eigenvalue weighted by Gasteiger charge is -2.18. The van der Waals surface area contributed by atoms with Crippen LogP contribution >= 0.6 is 0 Å². The van der Waals surface area contributed by atoms with Crippen LogP contribution < -0.4 is 10.6 Å². The van der Waals surface area contributed by atoms with Crippen LogP contribution in [0.15, 0.2) is 27.5 Å². The number of alkyl halides is 3. The number of carbonyl (C=O) groups excluding carboxylic acids is 1. The predicted octanol–water partition coefficient (Wildman–Crippen LogP) is 1.43. The number of carbonyl (C=O) groups is 1. The van der Waals surface area contributed by atoms with Gasteiger partial charge >= 0.3 is 6.18 Å². The van der Waals surface area contributed by atoms with E-state index in [-0.39, 0.29) is 18.4 Å². The fourth-order valence-corrected chi connectivity index (χ4v) is 2.43. The average Bonchev–Trinajstić information content (AvgIpc) is 3.17. The number of nitrogens with two attached hydrogens (primary N) is 1. The number of nitrogens with zero attached hydrogens (tertiary/aromatic N) is 3. The summed E-state index contributed by atoms with van der Waals surface area (Å²) in [6, 6.07) is 1.58. The standard InChI is InChI=1S/C12H11F3N4O3/c13-12(14,15)8-4-19(3-7(8)9(16)20)11-17-10(22-18-11)6-1-2-21-5-6/h1-2,5,7-8H,3-4H2,(H2,16,20)/t7-,8-/m1/s1. The van der Waals surface area contributed by atoms with E-state index in [1.165, 1.54) is 17.4 Å². The first-order valence-corrected chi connectivity index (χ1v) is 6.33. The second-order valence-electron chi connectivity index (χ2n) is 4.97. The van der Waals surface area contributed by atoms with Gasteiger partial charge in [0.25, 0.3) is 11.8 Å². The van der Waals surface area contributed by atoms with Crippen molar-refractivity contribution in [2.24, 2.45) is 17.6 Å². The number of hydrogen-bond acceptors (Lipinski definition) is 6. The molecule has 2 aromatic rings. The summed E-state index contributed by atoms with van der Waals surface area (Å²) in [5, 5.41) is 3.64. The molecule has 0 aromatic carbocycles. The van der Waals surface area contributed by atoms with Crippen molar-refractivity contribution in [1.82, 2.24) is 10.1 Å². The highest BCUT2D eigenvalue weighted by Crippen LogP contribution is 2.38. The molecule has 0 radical (unpaired) electrons. The Kier molecular flexibility index (Phi) is 3.30. The zero-order chi connectivity index (χ0) is 15.9. The van der Waals surface area contributed by atoms with Gasteiger partial charge in [-0.2, -0.15) is 18.2 Å². The maximum Gasteiger partial charge on any atom is 0.394 e. The maximum atomic E-state index is 13.0. The molecule has 2 N–H and O–H groups in total. The zero-order valence-corrected chi connectivity index (χ0v) is 11.1. The van der Waals surface area contributed by atoms with E-state index >= 15 is 0 Å². The van der Waals surface area contributed by atoms with E-state index in [1.807, 2.05) is 0 Å². The second-order valence-corrected chi connectivity index (χ2v) is 4.97. The normalized spacial score (nSPS) is 22.2. The Morgan fingerprint density at radius 3 is 2.73 bits per heavy atom.